The van der Waals surface area contributed by atoms with Gasteiger partial charge in [-0.25, -0.2) is 0 Å². The molecule has 0 aromatic heterocycles. The summed E-state index contributed by atoms with van der Waals surface area (Å²) in [5.41, 5.74) is 0.398. The van der Waals surface area contributed by atoms with Crippen molar-refractivity contribution in [3.05, 3.63) is 80.8 Å². The zero-order valence-corrected chi connectivity index (χ0v) is 15.6. The van der Waals surface area contributed by atoms with E-state index >= 15 is 0 Å². The molecule has 27 heavy (non-hydrogen) atoms. The molecule has 2 rings (SSSR count). The number of rotatable bonds is 7. The van der Waals surface area contributed by atoms with E-state index in [1.807, 2.05) is 6.07 Å². The van der Waals surface area contributed by atoms with E-state index in [-0.39, 0.29) is 23.6 Å². The number of ether oxygens (including phenoxy) is 1. The summed E-state index contributed by atoms with van der Waals surface area (Å²) in [7, 11) is 0. The van der Waals surface area contributed by atoms with Gasteiger partial charge in [-0.1, -0.05) is 34.7 Å². The molecule has 1 amide bonds. The van der Waals surface area contributed by atoms with Crippen molar-refractivity contribution in [2.24, 2.45) is 0 Å². The van der Waals surface area contributed by atoms with Gasteiger partial charge >= 0.3 is 0 Å². The van der Waals surface area contributed by atoms with Crippen LogP contribution in [-0.2, 0) is 4.79 Å². The number of carbonyl (C=O) groups is 1. The minimum atomic E-state index is -0.687. The van der Waals surface area contributed by atoms with Gasteiger partial charge in [-0.05, 0) is 30.3 Å². The van der Waals surface area contributed by atoms with Gasteiger partial charge in [-0.3, -0.25) is 14.9 Å². The summed E-state index contributed by atoms with van der Waals surface area (Å²) in [5, 5.41) is 22.7. The number of halogens is 1. The number of hydrogen-bond acceptors (Lipinski definition) is 5. The first-order valence-corrected chi connectivity index (χ1v) is 8.44. The summed E-state index contributed by atoms with van der Waals surface area (Å²) in [4.78, 5) is 22.7. The number of nitro benzene ring substituents is 1. The van der Waals surface area contributed by atoms with E-state index in [9.17, 15) is 20.2 Å². The Kier molecular flexibility index (Phi) is 6.86. The Morgan fingerprint density at radius 1 is 1.37 bits per heavy atom. The van der Waals surface area contributed by atoms with Gasteiger partial charge in [0.2, 0.25) is 0 Å². The van der Waals surface area contributed by atoms with Crippen molar-refractivity contribution in [2.45, 2.75) is 0 Å². The van der Waals surface area contributed by atoms with Crippen molar-refractivity contribution in [3.8, 4) is 11.8 Å². The molecular formula is C19H14BrN3O4. The second-order valence-electron chi connectivity index (χ2n) is 5.21. The van der Waals surface area contributed by atoms with Gasteiger partial charge < -0.3 is 10.1 Å². The molecule has 1 N–H and O–H groups in total. The lowest BCUT2D eigenvalue weighted by atomic mass is 10.1. The van der Waals surface area contributed by atoms with E-state index in [2.05, 4.69) is 27.8 Å². The molecule has 0 aliphatic heterocycles. The van der Waals surface area contributed by atoms with E-state index in [0.717, 1.165) is 4.47 Å². The van der Waals surface area contributed by atoms with Crippen LogP contribution in [0.3, 0.4) is 0 Å². The lowest BCUT2D eigenvalue weighted by molar-refractivity contribution is -0.384. The number of nitro groups is 1. The summed E-state index contributed by atoms with van der Waals surface area (Å²) in [6.07, 6.45) is 2.96. The number of carbonyl (C=O) groups excluding carboxylic acids is 1. The predicted molar refractivity (Wildman–Crippen MR) is 105 cm³/mol. The third-order valence-corrected chi connectivity index (χ3v) is 3.80. The van der Waals surface area contributed by atoms with Crippen molar-refractivity contribution < 1.29 is 14.5 Å². The van der Waals surface area contributed by atoms with Crippen LogP contribution in [0.25, 0.3) is 6.08 Å². The summed E-state index contributed by atoms with van der Waals surface area (Å²) in [6, 6.07) is 12.5. The van der Waals surface area contributed by atoms with Crippen molar-refractivity contribution in [1.29, 1.82) is 5.26 Å². The molecule has 0 aliphatic carbocycles. The quantitative estimate of drug-likeness (QED) is 0.230. The summed E-state index contributed by atoms with van der Waals surface area (Å²) >= 11 is 3.34. The van der Waals surface area contributed by atoms with Crippen LogP contribution in [0.4, 0.5) is 11.4 Å². The number of nitrogens with one attached hydrogen (secondary N) is 1. The Bertz CT molecular complexity index is 964. The molecule has 0 spiro atoms. The molecular weight excluding hydrogens is 414 g/mol. The van der Waals surface area contributed by atoms with Gasteiger partial charge in [0.1, 0.15) is 24.0 Å². The minimum absolute atomic E-state index is 0.164. The molecule has 136 valence electrons. The Hall–Kier alpha value is -3.44. The van der Waals surface area contributed by atoms with Crippen molar-refractivity contribution >= 4 is 39.3 Å². The monoisotopic (exact) mass is 427 g/mol. The molecule has 2 aromatic rings. The first kappa shape index (κ1) is 19.9. The predicted octanol–water partition coefficient (Wildman–Crippen LogP) is 4.47. The molecule has 0 saturated heterocycles. The second kappa shape index (κ2) is 9.31. The molecule has 0 atom stereocenters. The third-order valence-electron chi connectivity index (χ3n) is 3.31. The molecule has 2 aromatic carbocycles. The van der Waals surface area contributed by atoms with Crippen LogP contribution in [-0.4, -0.2) is 17.4 Å². The average Bonchev–Trinajstić information content (AvgIpc) is 2.65. The number of benzene rings is 2. The molecule has 0 unspecified atom stereocenters. The molecule has 8 heteroatoms. The lowest BCUT2D eigenvalue weighted by Gasteiger charge is -2.09. The normalized spacial score (nSPS) is 10.6. The second-order valence-corrected chi connectivity index (χ2v) is 6.13. The summed E-state index contributed by atoms with van der Waals surface area (Å²) in [5.74, 6) is -0.207. The van der Waals surface area contributed by atoms with Gasteiger partial charge in [0.25, 0.3) is 11.6 Å². The van der Waals surface area contributed by atoms with E-state index in [0.29, 0.717) is 11.3 Å². The maximum absolute atomic E-state index is 12.4. The maximum Gasteiger partial charge on any atom is 0.271 e. The largest absolute Gasteiger partial charge is 0.489 e. The van der Waals surface area contributed by atoms with Crippen molar-refractivity contribution in [2.75, 3.05) is 11.9 Å². The van der Waals surface area contributed by atoms with E-state index < -0.39 is 10.8 Å². The zero-order valence-electron chi connectivity index (χ0n) is 14.0. The first-order chi connectivity index (χ1) is 12.9. The molecule has 0 saturated carbocycles. The molecule has 0 fully saturated rings. The molecule has 7 nitrogen and oxygen atoms in total. The maximum atomic E-state index is 12.4. The highest BCUT2D eigenvalue weighted by molar-refractivity contribution is 9.10. The number of non-ortho nitro benzene ring substituents is 1. The highest BCUT2D eigenvalue weighted by Crippen LogP contribution is 2.26. The van der Waals surface area contributed by atoms with E-state index in [4.69, 9.17) is 4.74 Å². The van der Waals surface area contributed by atoms with Crippen LogP contribution in [0.1, 0.15) is 5.56 Å². The van der Waals surface area contributed by atoms with Crippen LogP contribution in [0.2, 0.25) is 0 Å². The number of anilines is 1. The Labute approximate surface area is 163 Å². The third kappa shape index (κ3) is 5.52. The average molecular weight is 428 g/mol. The molecule has 0 bridgehead atoms. The Balaban J connectivity index is 2.30. The standard InChI is InChI=1S/C19H14BrN3O4/c1-2-8-27-18-7-6-15(20)10-13(18)9-14(12-21)19(24)22-16-4-3-5-17(11-16)23(25)26/h2-7,9-11H,1,8H2,(H,22,24)/b14-9+. The van der Waals surface area contributed by atoms with Crippen LogP contribution in [0, 0.1) is 21.4 Å². The van der Waals surface area contributed by atoms with Crippen LogP contribution in [0.15, 0.2) is 65.2 Å². The minimum Gasteiger partial charge on any atom is -0.489 e. The lowest BCUT2D eigenvalue weighted by Crippen LogP contribution is -2.13. The smallest absolute Gasteiger partial charge is 0.271 e. The molecule has 0 radical (unpaired) electrons. The highest BCUT2D eigenvalue weighted by atomic mass is 79.9. The Morgan fingerprint density at radius 3 is 2.81 bits per heavy atom. The first-order valence-electron chi connectivity index (χ1n) is 7.65. The van der Waals surface area contributed by atoms with Crippen LogP contribution < -0.4 is 10.1 Å². The number of nitrogens with zero attached hydrogens (tertiary/aromatic N) is 2. The van der Waals surface area contributed by atoms with Crippen LogP contribution in [0.5, 0.6) is 5.75 Å². The summed E-state index contributed by atoms with van der Waals surface area (Å²) < 4.78 is 6.27. The van der Waals surface area contributed by atoms with E-state index in [1.165, 1.54) is 30.3 Å². The van der Waals surface area contributed by atoms with Gasteiger partial charge in [-0.2, -0.15) is 5.26 Å². The zero-order chi connectivity index (χ0) is 19.8. The Morgan fingerprint density at radius 2 is 2.15 bits per heavy atom. The highest BCUT2D eigenvalue weighted by Gasteiger charge is 2.13. The van der Waals surface area contributed by atoms with Gasteiger partial charge in [-0.15, -0.1) is 0 Å². The van der Waals surface area contributed by atoms with Crippen molar-refractivity contribution in [3.63, 3.8) is 0 Å². The van der Waals surface area contributed by atoms with Gasteiger partial charge in [0, 0.05) is 27.9 Å². The topological polar surface area (TPSA) is 105 Å². The SMILES string of the molecule is C=CCOc1ccc(Br)cc1/C=C(\C#N)C(=O)Nc1cccc([N+](=O)[O-])c1. The number of hydrogen-bond donors (Lipinski definition) is 1. The summed E-state index contributed by atoms with van der Waals surface area (Å²) in [6.45, 7) is 3.85. The van der Waals surface area contributed by atoms with Gasteiger partial charge in [0.15, 0.2) is 0 Å². The fourth-order valence-corrected chi connectivity index (χ4v) is 2.49. The molecule has 0 heterocycles. The van der Waals surface area contributed by atoms with Crippen molar-refractivity contribution in [1.82, 2.24) is 0 Å². The van der Waals surface area contributed by atoms with Gasteiger partial charge in [0.05, 0.1) is 4.92 Å². The number of amides is 1. The number of nitriles is 1. The van der Waals surface area contributed by atoms with Crippen LogP contribution >= 0.6 is 15.9 Å². The van der Waals surface area contributed by atoms with E-state index in [1.54, 1.807) is 24.3 Å². The fourth-order valence-electron chi connectivity index (χ4n) is 2.11. The molecule has 0 aliphatic rings. The fraction of sp³-hybridized carbons (Fsp3) is 0.0526.